The molecule has 3 rings (SSSR count). The maximum atomic E-state index is 10.6. The number of benzene rings is 2. The topological polar surface area (TPSA) is 77.0 Å². The van der Waals surface area contributed by atoms with Crippen molar-refractivity contribution in [2.75, 3.05) is 19.8 Å². The Morgan fingerprint density at radius 2 is 1.86 bits per heavy atom. The fourth-order valence-corrected chi connectivity index (χ4v) is 5.12. The first kappa shape index (κ1) is 27.9. The molecule has 35 heavy (non-hydrogen) atoms. The molecule has 0 bridgehead atoms. The molecule has 0 spiro atoms. The number of ether oxygens (including phenoxy) is 2. The third-order valence-electron chi connectivity index (χ3n) is 5.11. The van der Waals surface area contributed by atoms with E-state index in [9.17, 15) is 4.57 Å². The lowest BCUT2D eigenvalue weighted by molar-refractivity contribution is 0.241. The van der Waals surface area contributed by atoms with Crippen LogP contribution in [0, 0.1) is 0 Å². The third kappa shape index (κ3) is 9.71. The highest BCUT2D eigenvalue weighted by Crippen LogP contribution is 2.34. The van der Waals surface area contributed by atoms with Gasteiger partial charge in [-0.15, -0.1) is 11.3 Å². The van der Waals surface area contributed by atoms with Crippen LogP contribution < -0.4 is 14.8 Å². The van der Waals surface area contributed by atoms with Crippen LogP contribution in [-0.4, -0.2) is 30.8 Å². The van der Waals surface area contributed by atoms with Gasteiger partial charge in [0.05, 0.1) is 23.8 Å². The summed E-state index contributed by atoms with van der Waals surface area (Å²) in [5.41, 5.74) is 3.50. The highest BCUT2D eigenvalue weighted by Gasteiger charge is 2.10. The molecule has 190 valence electrons. The molecule has 1 unspecified atom stereocenters. The average Bonchev–Trinajstić information content (AvgIpc) is 3.35. The van der Waals surface area contributed by atoms with E-state index in [1.54, 1.807) is 11.3 Å². The minimum atomic E-state index is -2.84. The lowest BCUT2D eigenvalue weighted by atomic mass is 10.1. The number of nitrogens with one attached hydrogen (secondary N) is 1. The maximum Gasteiger partial charge on any atom is 0.316 e. The molecule has 0 saturated carbocycles. The van der Waals surface area contributed by atoms with E-state index in [1.165, 1.54) is 10.4 Å². The van der Waals surface area contributed by atoms with Crippen molar-refractivity contribution in [2.24, 2.45) is 0 Å². The molecular weight excluding hydrogens is 549 g/mol. The van der Waals surface area contributed by atoms with E-state index in [1.807, 2.05) is 32.0 Å². The number of aryl methyl sites for hydroxylation is 1. The van der Waals surface area contributed by atoms with Crippen LogP contribution in [0.3, 0.4) is 0 Å². The van der Waals surface area contributed by atoms with Crippen LogP contribution in [0.15, 0.2) is 58.4 Å². The predicted octanol–water partition coefficient (Wildman–Crippen LogP) is 6.85. The molecule has 0 fully saturated rings. The van der Waals surface area contributed by atoms with Gasteiger partial charge in [0.25, 0.3) is 0 Å². The summed E-state index contributed by atoms with van der Waals surface area (Å²) < 4.78 is 28.3. The van der Waals surface area contributed by atoms with Crippen molar-refractivity contribution in [1.82, 2.24) is 5.32 Å². The largest absolute Gasteiger partial charge is 0.493 e. The van der Waals surface area contributed by atoms with E-state index < -0.39 is 8.25 Å². The van der Waals surface area contributed by atoms with Crippen molar-refractivity contribution in [3.63, 3.8) is 0 Å². The molecule has 6 nitrogen and oxygen atoms in total. The summed E-state index contributed by atoms with van der Waals surface area (Å²) in [6.07, 6.45) is 2.66. The van der Waals surface area contributed by atoms with Crippen molar-refractivity contribution in [3.8, 4) is 21.9 Å². The number of halogens is 1. The van der Waals surface area contributed by atoms with Gasteiger partial charge in [-0.2, -0.15) is 0 Å². The van der Waals surface area contributed by atoms with E-state index in [2.05, 4.69) is 57.0 Å². The fourth-order valence-electron chi connectivity index (χ4n) is 3.53. The first-order valence-corrected chi connectivity index (χ1v) is 14.7. The molecule has 3 aromatic rings. The van der Waals surface area contributed by atoms with Gasteiger partial charge in [0.2, 0.25) is 0 Å². The molecule has 0 saturated heterocycles. The Bertz CT molecular complexity index is 1080. The monoisotopic (exact) mass is 581 g/mol. The number of hydrogen-bond acceptors (Lipinski definition) is 6. The summed E-state index contributed by atoms with van der Waals surface area (Å²) >= 11 is 5.30. The second kappa shape index (κ2) is 14.8. The van der Waals surface area contributed by atoms with Crippen LogP contribution in [-0.2, 0) is 22.1 Å². The molecule has 0 aliphatic heterocycles. The second-order valence-corrected chi connectivity index (χ2v) is 11.0. The lowest BCUT2D eigenvalue weighted by Crippen LogP contribution is -2.16. The van der Waals surface area contributed by atoms with Crippen LogP contribution in [0.4, 0.5) is 0 Å². The fraction of sp³-hybridized carbons (Fsp3) is 0.385. The Balaban J connectivity index is 1.53. The van der Waals surface area contributed by atoms with Crippen LogP contribution >= 0.6 is 35.5 Å². The smallest absolute Gasteiger partial charge is 0.316 e. The summed E-state index contributed by atoms with van der Waals surface area (Å²) in [7, 11) is -2.84. The first-order valence-electron chi connectivity index (χ1n) is 11.7. The quantitative estimate of drug-likeness (QED) is 0.151. The van der Waals surface area contributed by atoms with Crippen LogP contribution in [0.2, 0.25) is 0 Å². The van der Waals surface area contributed by atoms with E-state index in [-0.39, 0.29) is 12.7 Å². The predicted molar refractivity (Wildman–Crippen MR) is 147 cm³/mol. The molecule has 0 aliphatic carbocycles. The highest BCUT2D eigenvalue weighted by molar-refractivity contribution is 9.10. The molecule has 2 N–H and O–H groups in total. The molecule has 1 aromatic heterocycles. The maximum absolute atomic E-state index is 10.6. The van der Waals surface area contributed by atoms with Crippen molar-refractivity contribution < 1.29 is 23.5 Å². The van der Waals surface area contributed by atoms with E-state index in [0.717, 1.165) is 39.9 Å². The molecule has 0 amide bonds. The van der Waals surface area contributed by atoms with Gasteiger partial charge >= 0.3 is 8.25 Å². The summed E-state index contributed by atoms with van der Waals surface area (Å²) in [6.45, 7) is 6.37. The van der Waals surface area contributed by atoms with Crippen molar-refractivity contribution in [3.05, 3.63) is 69.5 Å². The first-order chi connectivity index (χ1) is 16.9. The van der Waals surface area contributed by atoms with Gasteiger partial charge < -0.3 is 24.2 Å². The van der Waals surface area contributed by atoms with Gasteiger partial charge in [-0.05, 0) is 102 Å². The van der Waals surface area contributed by atoms with Crippen molar-refractivity contribution in [1.29, 1.82) is 0 Å². The molecule has 0 radical (unpaired) electrons. The normalized spacial score (nSPS) is 12.1. The van der Waals surface area contributed by atoms with Crippen LogP contribution in [0.25, 0.3) is 10.4 Å². The Morgan fingerprint density at radius 3 is 2.57 bits per heavy atom. The van der Waals surface area contributed by atoms with Gasteiger partial charge in [0.1, 0.15) is 11.5 Å². The summed E-state index contributed by atoms with van der Waals surface area (Å²) in [6, 6.07) is 16.7. The van der Waals surface area contributed by atoms with Gasteiger partial charge in [0, 0.05) is 17.0 Å². The Kier molecular flexibility index (Phi) is 11.8. The zero-order valence-electron chi connectivity index (χ0n) is 20.1. The molecule has 1 atom stereocenters. The minimum Gasteiger partial charge on any atom is -0.493 e. The summed E-state index contributed by atoms with van der Waals surface area (Å²) in [5, 5.41) is 5.42. The lowest BCUT2D eigenvalue weighted by Gasteiger charge is -2.14. The van der Waals surface area contributed by atoms with Gasteiger partial charge in [-0.3, -0.25) is 4.57 Å². The molecule has 1 heterocycles. The van der Waals surface area contributed by atoms with Crippen LogP contribution in [0.5, 0.6) is 11.5 Å². The Morgan fingerprint density at radius 1 is 1.06 bits per heavy atom. The van der Waals surface area contributed by atoms with Crippen LogP contribution in [0.1, 0.15) is 37.8 Å². The molecular formula is C26H33BrNO5PS. The third-order valence-corrected chi connectivity index (χ3v) is 7.08. The highest BCUT2D eigenvalue weighted by atomic mass is 79.9. The Labute approximate surface area is 220 Å². The Hall–Kier alpha value is -1.67. The van der Waals surface area contributed by atoms with E-state index in [4.69, 9.17) is 18.9 Å². The number of thiophene rings is 1. The number of rotatable bonds is 15. The number of hydrogen-bond donors (Lipinski definition) is 2. The zero-order valence-corrected chi connectivity index (χ0v) is 23.5. The molecule has 0 aliphatic rings. The minimum absolute atomic E-state index is 0.144. The van der Waals surface area contributed by atoms with E-state index in [0.29, 0.717) is 26.1 Å². The van der Waals surface area contributed by atoms with E-state index >= 15 is 0 Å². The van der Waals surface area contributed by atoms with Gasteiger partial charge in [-0.25, -0.2) is 0 Å². The van der Waals surface area contributed by atoms with Crippen molar-refractivity contribution in [2.45, 2.75) is 45.8 Å². The second-order valence-electron chi connectivity index (χ2n) is 8.34. The van der Waals surface area contributed by atoms with Gasteiger partial charge in [0.15, 0.2) is 0 Å². The standard InChI is InChI=1S/C26H33BrNO5PS/c1-19(2)33-25-11-8-20(17-23(25)27)6-3-13-31-24-10-9-21(16-22(24)26-7-4-15-35-26)18-28-12-5-14-32-34(29)30/h4,7-11,15-17,19,28,34H,3,5-6,12-14,18H2,1-2H3,(H,29,30). The van der Waals surface area contributed by atoms with Gasteiger partial charge in [-0.1, -0.05) is 18.2 Å². The molecule has 2 aromatic carbocycles. The SMILES string of the molecule is CC(C)Oc1ccc(CCCOc2ccc(CNCCCO[PH](=O)O)cc2-c2cccs2)cc1Br. The van der Waals surface area contributed by atoms with Crippen molar-refractivity contribution >= 4 is 35.5 Å². The zero-order chi connectivity index (χ0) is 25.0. The average molecular weight is 582 g/mol. The molecule has 9 heteroatoms. The summed E-state index contributed by atoms with van der Waals surface area (Å²) in [4.78, 5) is 9.88. The summed E-state index contributed by atoms with van der Waals surface area (Å²) in [5.74, 6) is 1.76.